The van der Waals surface area contributed by atoms with Crippen molar-refractivity contribution < 1.29 is 87.0 Å². The number of alkyl halides is 6. The summed E-state index contributed by atoms with van der Waals surface area (Å²) in [5.74, 6) is -9.43. The number of aliphatic carboxylic acids is 4. The van der Waals surface area contributed by atoms with E-state index in [1.807, 2.05) is 0 Å². The summed E-state index contributed by atoms with van der Waals surface area (Å²) in [5, 5.41) is 37.6. The van der Waals surface area contributed by atoms with Crippen molar-refractivity contribution >= 4 is 23.9 Å². The molecule has 0 aromatic carbocycles. The van der Waals surface area contributed by atoms with E-state index in [0.29, 0.717) is 0 Å². The molecule has 0 aromatic rings. The average molecular weight is 597 g/mol. The van der Waals surface area contributed by atoms with E-state index >= 15 is 0 Å². The van der Waals surface area contributed by atoms with Crippen LogP contribution in [0.3, 0.4) is 0 Å². The zero-order valence-corrected chi connectivity index (χ0v) is 15.5. The Hall–Kier alpha value is -2.19. The molecular formula is C10H12F6N2O8Pt. The molecule has 0 spiro atoms. The standard InChI is InChI=1S/C6H8O4.2C2HF3O2.2H3N.Pt/c1-3(2)4(5(7)8)6(9)10;2*3-2(4,5)1(6)7;;;/h1-2H3,(H,7,8)(H,9,10);2*(H,6,7);2*1H3;/q;;;;;+4/p-4. The second kappa shape index (κ2) is 16.0. The Balaban J connectivity index is -0.0000000593. The zero-order valence-electron chi connectivity index (χ0n) is 13.3. The number of allylic oxidation sites excluding steroid dienone is 1. The summed E-state index contributed by atoms with van der Waals surface area (Å²) in [6.07, 6.45) is -10.4. The normalized spacial score (nSPS) is 9.04. The van der Waals surface area contributed by atoms with E-state index in [1.165, 1.54) is 13.8 Å². The molecule has 0 bridgehead atoms. The fourth-order valence-electron chi connectivity index (χ4n) is 0.492. The molecule has 0 atom stereocenters. The van der Waals surface area contributed by atoms with Gasteiger partial charge in [-0.05, 0) is 13.8 Å². The van der Waals surface area contributed by atoms with Crippen LogP contribution < -0.4 is 32.7 Å². The number of carboxylic acid groups (broad SMARTS) is 4. The minimum atomic E-state index is -5.19. The van der Waals surface area contributed by atoms with Crippen LogP contribution in [0.1, 0.15) is 13.8 Å². The molecule has 0 heterocycles. The molecule has 0 aromatic heterocycles. The van der Waals surface area contributed by atoms with Crippen LogP contribution >= 0.6 is 0 Å². The van der Waals surface area contributed by atoms with Crippen molar-refractivity contribution in [3.05, 3.63) is 11.1 Å². The molecule has 0 aliphatic rings. The smallest absolute Gasteiger partial charge is 0.545 e. The Bertz CT molecular complexity index is 489. The summed E-state index contributed by atoms with van der Waals surface area (Å²) in [6, 6.07) is 0. The van der Waals surface area contributed by atoms with Gasteiger partial charge in [0.05, 0.1) is 11.9 Å². The van der Waals surface area contributed by atoms with E-state index in [2.05, 4.69) is 0 Å². The average Bonchev–Trinajstić information content (AvgIpc) is 2.25. The van der Waals surface area contributed by atoms with Crippen molar-refractivity contribution in [1.82, 2.24) is 12.3 Å². The molecule has 0 unspecified atom stereocenters. The Morgan fingerprint density at radius 1 is 0.630 bits per heavy atom. The summed E-state index contributed by atoms with van der Waals surface area (Å²) >= 11 is 0. The molecule has 6 N–H and O–H groups in total. The largest absolute Gasteiger partial charge is 4.00 e. The quantitative estimate of drug-likeness (QED) is 0.140. The molecule has 0 saturated carbocycles. The molecule has 10 nitrogen and oxygen atoms in total. The maximum absolute atomic E-state index is 10.5. The summed E-state index contributed by atoms with van der Waals surface area (Å²) in [6.45, 7) is 2.72. The van der Waals surface area contributed by atoms with Crippen LogP contribution in [-0.4, -0.2) is 36.2 Å². The van der Waals surface area contributed by atoms with Crippen LogP contribution in [0.5, 0.6) is 0 Å². The van der Waals surface area contributed by atoms with Gasteiger partial charge in [-0.3, -0.25) is 0 Å². The van der Waals surface area contributed by atoms with E-state index in [0.717, 1.165) is 0 Å². The van der Waals surface area contributed by atoms with Gasteiger partial charge in [-0.2, -0.15) is 26.3 Å². The summed E-state index contributed by atoms with van der Waals surface area (Å²) < 4.78 is 63.1. The SMILES string of the molecule is CC(C)=C(C(=O)[O-])C(=O)[O-].N.N.O=C([O-])C(F)(F)F.O=C([O-])C(F)(F)F.[Pt+4]. The van der Waals surface area contributed by atoms with Crippen LogP contribution in [0.4, 0.5) is 26.3 Å². The Labute approximate surface area is 161 Å². The van der Waals surface area contributed by atoms with Crippen molar-refractivity contribution in [2.75, 3.05) is 0 Å². The van der Waals surface area contributed by atoms with Gasteiger partial charge in [-0.15, -0.1) is 0 Å². The maximum atomic E-state index is 10.5. The van der Waals surface area contributed by atoms with Gasteiger partial charge >= 0.3 is 33.4 Å². The van der Waals surface area contributed by atoms with Gasteiger partial charge in [0.15, 0.2) is 0 Å². The Kier molecular flexibility index (Phi) is 23.6. The van der Waals surface area contributed by atoms with E-state index < -0.39 is 41.8 Å². The molecule has 0 amide bonds. The third kappa shape index (κ3) is 23.8. The molecule has 0 aliphatic heterocycles. The molecule has 17 heteroatoms. The molecule has 0 saturated heterocycles. The minimum Gasteiger partial charge on any atom is -0.545 e. The van der Waals surface area contributed by atoms with Gasteiger partial charge in [0.2, 0.25) is 0 Å². The molecule has 27 heavy (non-hydrogen) atoms. The van der Waals surface area contributed by atoms with Gasteiger partial charge in [-0.25, -0.2) is 0 Å². The van der Waals surface area contributed by atoms with Crippen LogP contribution in [0.15, 0.2) is 11.1 Å². The first-order chi connectivity index (χ1) is 10.4. The van der Waals surface area contributed by atoms with Crippen LogP contribution in [-0.2, 0) is 40.2 Å². The number of carboxylic acids is 4. The Morgan fingerprint density at radius 2 is 0.778 bits per heavy atom. The van der Waals surface area contributed by atoms with Gasteiger partial charge in [0, 0.05) is 5.57 Å². The van der Waals surface area contributed by atoms with Gasteiger partial charge in [0.1, 0.15) is 11.9 Å². The summed E-state index contributed by atoms with van der Waals surface area (Å²) in [4.78, 5) is 37.6. The van der Waals surface area contributed by atoms with Crippen molar-refractivity contribution in [3.8, 4) is 0 Å². The van der Waals surface area contributed by atoms with Crippen LogP contribution in [0.2, 0.25) is 0 Å². The van der Waals surface area contributed by atoms with Gasteiger partial charge in [-0.1, -0.05) is 5.57 Å². The Morgan fingerprint density at radius 3 is 0.778 bits per heavy atom. The first kappa shape index (κ1) is 39.8. The predicted molar refractivity (Wildman–Crippen MR) is 60.6 cm³/mol. The number of carbonyl (C=O) groups is 4. The monoisotopic (exact) mass is 597 g/mol. The molecule has 0 fully saturated rings. The fraction of sp³-hybridized carbons (Fsp3) is 0.400. The number of carbonyl (C=O) groups excluding carboxylic acids is 4. The zero-order chi connectivity index (χ0) is 20.5. The number of rotatable bonds is 2. The predicted octanol–water partition coefficient (Wildman–Crippen LogP) is -3.26. The third-order valence-electron chi connectivity index (χ3n) is 1.37. The molecule has 0 rings (SSSR count). The molecule has 162 valence electrons. The van der Waals surface area contributed by atoms with Gasteiger partial charge < -0.3 is 51.9 Å². The summed E-state index contributed by atoms with van der Waals surface area (Å²) in [5.41, 5.74) is -0.611. The number of halogens is 6. The van der Waals surface area contributed by atoms with E-state index in [4.69, 9.17) is 19.8 Å². The summed E-state index contributed by atoms with van der Waals surface area (Å²) in [7, 11) is 0. The number of hydrogen-bond donors (Lipinski definition) is 2. The number of hydrogen-bond acceptors (Lipinski definition) is 10. The van der Waals surface area contributed by atoms with Crippen LogP contribution in [0.25, 0.3) is 0 Å². The van der Waals surface area contributed by atoms with Crippen molar-refractivity contribution in [2.45, 2.75) is 26.2 Å². The molecule has 0 radical (unpaired) electrons. The van der Waals surface area contributed by atoms with Crippen LogP contribution in [0, 0.1) is 0 Å². The van der Waals surface area contributed by atoms with E-state index in [9.17, 15) is 46.1 Å². The first-order valence-corrected chi connectivity index (χ1v) is 5.02. The van der Waals surface area contributed by atoms with Crippen molar-refractivity contribution in [3.63, 3.8) is 0 Å². The van der Waals surface area contributed by atoms with E-state index in [-0.39, 0.29) is 38.9 Å². The van der Waals surface area contributed by atoms with Crippen molar-refractivity contribution in [2.24, 2.45) is 0 Å². The topological polar surface area (TPSA) is 231 Å². The second-order valence-corrected chi connectivity index (χ2v) is 3.52. The fourth-order valence-corrected chi connectivity index (χ4v) is 0.492. The van der Waals surface area contributed by atoms with Gasteiger partial charge in [0.25, 0.3) is 0 Å². The molecule has 0 aliphatic carbocycles. The minimum absolute atomic E-state index is 0. The third-order valence-corrected chi connectivity index (χ3v) is 1.37. The van der Waals surface area contributed by atoms with E-state index in [1.54, 1.807) is 0 Å². The molecular weight excluding hydrogens is 585 g/mol. The van der Waals surface area contributed by atoms with Crippen molar-refractivity contribution in [1.29, 1.82) is 0 Å². The second-order valence-electron chi connectivity index (χ2n) is 3.52. The first-order valence-electron chi connectivity index (χ1n) is 5.02. The maximum Gasteiger partial charge on any atom is 4.00 e.